The van der Waals surface area contributed by atoms with Gasteiger partial charge in [-0.15, -0.1) is 0 Å². The fraction of sp³-hybridized carbons (Fsp3) is 0.368. The monoisotopic (exact) mass is 281 g/mol. The predicted molar refractivity (Wildman–Crippen MR) is 88.4 cm³/mol. The molecule has 0 saturated heterocycles. The van der Waals surface area contributed by atoms with E-state index in [-0.39, 0.29) is 0 Å². The zero-order chi connectivity index (χ0) is 15.0. The second kappa shape index (κ2) is 5.44. The molecule has 1 atom stereocenters. The minimum Gasteiger partial charge on any atom is -0.508 e. The molecule has 2 aromatic rings. The van der Waals surface area contributed by atoms with Crippen LogP contribution in [0, 0.1) is 13.8 Å². The summed E-state index contributed by atoms with van der Waals surface area (Å²) in [7, 11) is 0. The average Bonchev–Trinajstić information content (AvgIpc) is 2.43. The van der Waals surface area contributed by atoms with E-state index in [2.05, 4.69) is 44.3 Å². The molecule has 2 heteroatoms. The lowest BCUT2D eigenvalue weighted by Crippen LogP contribution is -2.15. The van der Waals surface area contributed by atoms with Gasteiger partial charge < -0.3 is 10.4 Å². The van der Waals surface area contributed by atoms with Gasteiger partial charge in [0.25, 0.3) is 0 Å². The number of phenolic OH excluding ortho intramolecular Hbond substituents is 1. The van der Waals surface area contributed by atoms with Crippen LogP contribution in [0.4, 0.5) is 5.69 Å². The summed E-state index contributed by atoms with van der Waals surface area (Å²) in [6.07, 6.45) is 2.13. The third kappa shape index (κ3) is 2.76. The smallest absolute Gasteiger partial charge is 0.116 e. The van der Waals surface area contributed by atoms with E-state index in [0.29, 0.717) is 11.7 Å². The van der Waals surface area contributed by atoms with Crippen LogP contribution < -0.4 is 5.32 Å². The maximum Gasteiger partial charge on any atom is 0.116 e. The molecule has 2 N–H and O–H groups in total. The zero-order valence-electron chi connectivity index (χ0n) is 13.0. The van der Waals surface area contributed by atoms with Crippen LogP contribution in [-0.4, -0.2) is 11.7 Å². The van der Waals surface area contributed by atoms with Gasteiger partial charge >= 0.3 is 0 Å². The molecule has 0 aliphatic carbocycles. The molecule has 0 aromatic heterocycles. The van der Waals surface area contributed by atoms with Crippen molar-refractivity contribution in [1.29, 1.82) is 0 Å². The molecule has 110 valence electrons. The van der Waals surface area contributed by atoms with E-state index < -0.39 is 0 Å². The topological polar surface area (TPSA) is 32.3 Å². The molecule has 0 spiro atoms. The number of phenols is 1. The first-order valence-electron chi connectivity index (χ1n) is 7.70. The Morgan fingerprint density at radius 3 is 2.57 bits per heavy atom. The molecule has 21 heavy (non-hydrogen) atoms. The van der Waals surface area contributed by atoms with Crippen molar-refractivity contribution >= 4 is 5.69 Å². The molecule has 0 fully saturated rings. The fourth-order valence-corrected chi connectivity index (χ4v) is 3.32. The van der Waals surface area contributed by atoms with Crippen LogP contribution in [0.5, 0.6) is 5.75 Å². The van der Waals surface area contributed by atoms with Crippen molar-refractivity contribution < 1.29 is 5.11 Å². The van der Waals surface area contributed by atoms with Crippen molar-refractivity contribution in [3.63, 3.8) is 0 Å². The minimum atomic E-state index is 0.358. The number of hydrogen-bond acceptors (Lipinski definition) is 2. The van der Waals surface area contributed by atoms with Gasteiger partial charge in [-0.05, 0) is 78.6 Å². The molecular formula is C19H23NO. The van der Waals surface area contributed by atoms with Gasteiger partial charge in [-0.2, -0.15) is 0 Å². The number of fused-ring (bicyclic) bond motifs is 1. The Bertz CT molecular complexity index is 652. The largest absolute Gasteiger partial charge is 0.508 e. The number of benzene rings is 2. The van der Waals surface area contributed by atoms with Crippen molar-refractivity contribution in [2.75, 3.05) is 11.9 Å². The average molecular weight is 281 g/mol. The first-order chi connectivity index (χ1) is 10.0. The summed E-state index contributed by atoms with van der Waals surface area (Å²) in [6.45, 7) is 7.53. The van der Waals surface area contributed by atoms with Crippen LogP contribution in [0.3, 0.4) is 0 Å². The van der Waals surface area contributed by atoms with Crippen LogP contribution in [0.15, 0.2) is 30.3 Å². The lowest BCUT2D eigenvalue weighted by atomic mass is 9.89. The lowest BCUT2D eigenvalue weighted by molar-refractivity contribution is 0.474. The molecule has 1 aliphatic rings. The molecule has 2 aromatic carbocycles. The number of nitrogens with one attached hydrogen (secondary N) is 1. The van der Waals surface area contributed by atoms with Crippen molar-refractivity contribution in [3.05, 3.63) is 58.1 Å². The summed E-state index contributed by atoms with van der Waals surface area (Å²) < 4.78 is 0. The van der Waals surface area contributed by atoms with E-state index in [1.165, 1.54) is 28.8 Å². The molecule has 1 aliphatic heterocycles. The summed E-state index contributed by atoms with van der Waals surface area (Å²) in [4.78, 5) is 0. The minimum absolute atomic E-state index is 0.358. The number of aryl methyl sites for hydroxylation is 2. The molecule has 0 radical (unpaired) electrons. The molecule has 3 rings (SSSR count). The highest BCUT2D eigenvalue weighted by Crippen LogP contribution is 2.33. The van der Waals surface area contributed by atoms with Crippen molar-refractivity contribution in [2.24, 2.45) is 0 Å². The van der Waals surface area contributed by atoms with Gasteiger partial charge in [0, 0.05) is 12.2 Å². The maximum atomic E-state index is 9.67. The van der Waals surface area contributed by atoms with Gasteiger partial charge in [-0.25, -0.2) is 0 Å². The van der Waals surface area contributed by atoms with E-state index in [4.69, 9.17) is 0 Å². The lowest BCUT2D eigenvalue weighted by Gasteiger charge is -2.24. The highest BCUT2D eigenvalue weighted by Gasteiger charge is 2.16. The standard InChI is InChI=1S/C19H23NO/c1-12-6-7-20-19-5-4-15(11-18(12)19)10-17-13(2)8-16(21)9-14(17)3/h4-5,8-9,11-12,20-21H,6-7,10H2,1-3H3. The van der Waals surface area contributed by atoms with Gasteiger partial charge in [0.1, 0.15) is 5.75 Å². The Labute approximate surface area is 126 Å². The van der Waals surface area contributed by atoms with Gasteiger partial charge in [0.2, 0.25) is 0 Å². The van der Waals surface area contributed by atoms with Crippen LogP contribution in [0.1, 0.15) is 47.1 Å². The van der Waals surface area contributed by atoms with Crippen LogP contribution in [0.2, 0.25) is 0 Å². The summed E-state index contributed by atoms with van der Waals surface area (Å²) in [6, 6.07) is 10.5. The summed E-state index contributed by atoms with van der Waals surface area (Å²) in [5.41, 5.74) is 7.72. The van der Waals surface area contributed by atoms with Crippen LogP contribution >= 0.6 is 0 Å². The van der Waals surface area contributed by atoms with E-state index in [9.17, 15) is 5.11 Å². The summed E-state index contributed by atoms with van der Waals surface area (Å²) >= 11 is 0. The molecular weight excluding hydrogens is 258 g/mol. The van der Waals surface area contributed by atoms with Gasteiger partial charge in [-0.1, -0.05) is 19.1 Å². The van der Waals surface area contributed by atoms with Gasteiger partial charge in [-0.3, -0.25) is 0 Å². The van der Waals surface area contributed by atoms with Crippen molar-refractivity contribution in [3.8, 4) is 5.75 Å². The second-order valence-electron chi connectivity index (χ2n) is 6.27. The first kappa shape index (κ1) is 14.0. The maximum absolute atomic E-state index is 9.67. The Morgan fingerprint density at radius 1 is 1.14 bits per heavy atom. The third-order valence-corrected chi connectivity index (χ3v) is 4.60. The Morgan fingerprint density at radius 2 is 1.86 bits per heavy atom. The SMILES string of the molecule is Cc1cc(O)cc(C)c1Cc1ccc2c(c1)C(C)CCN2. The Hall–Kier alpha value is -1.96. The quantitative estimate of drug-likeness (QED) is 0.848. The highest BCUT2D eigenvalue weighted by atomic mass is 16.3. The first-order valence-corrected chi connectivity index (χ1v) is 7.70. The molecule has 0 bridgehead atoms. The van der Waals surface area contributed by atoms with Crippen molar-refractivity contribution in [2.45, 2.75) is 39.5 Å². The molecule has 0 saturated carbocycles. The zero-order valence-corrected chi connectivity index (χ0v) is 13.0. The van der Waals surface area contributed by atoms with Crippen LogP contribution in [0.25, 0.3) is 0 Å². The van der Waals surface area contributed by atoms with E-state index >= 15 is 0 Å². The normalized spacial score (nSPS) is 17.2. The molecule has 1 heterocycles. The summed E-state index contributed by atoms with van der Waals surface area (Å²) in [5, 5.41) is 13.2. The predicted octanol–water partition coefficient (Wildman–Crippen LogP) is 4.52. The van der Waals surface area contributed by atoms with E-state index in [1.807, 2.05) is 12.1 Å². The molecule has 0 amide bonds. The number of rotatable bonds is 2. The van der Waals surface area contributed by atoms with Gasteiger partial charge in [0.05, 0.1) is 0 Å². The Balaban J connectivity index is 1.94. The van der Waals surface area contributed by atoms with Crippen molar-refractivity contribution in [1.82, 2.24) is 0 Å². The highest BCUT2D eigenvalue weighted by molar-refractivity contribution is 5.57. The number of aromatic hydroxyl groups is 1. The number of hydrogen-bond donors (Lipinski definition) is 2. The van der Waals surface area contributed by atoms with Crippen LogP contribution in [-0.2, 0) is 6.42 Å². The summed E-state index contributed by atoms with van der Waals surface area (Å²) in [5.74, 6) is 0.986. The van der Waals surface area contributed by atoms with E-state index in [1.54, 1.807) is 0 Å². The van der Waals surface area contributed by atoms with E-state index in [0.717, 1.165) is 24.1 Å². The third-order valence-electron chi connectivity index (χ3n) is 4.60. The number of anilines is 1. The molecule has 2 nitrogen and oxygen atoms in total. The Kier molecular flexibility index (Phi) is 3.62. The second-order valence-corrected chi connectivity index (χ2v) is 6.27. The fourth-order valence-electron chi connectivity index (χ4n) is 3.32. The molecule has 1 unspecified atom stereocenters. The van der Waals surface area contributed by atoms with Gasteiger partial charge in [0.15, 0.2) is 0 Å².